The maximum absolute atomic E-state index is 13.0. The Morgan fingerprint density at radius 1 is 0.969 bits per heavy atom. The van der Waals surface area contributed by atoms with E-state index in [1.807, 2.05) is 30.3 Å². The van der Waals surface area contributed by atoms with Crippen LogP contribution in [0.4, 0.5) is 5.69 Å². The Morgan fingerprint density at radius 2 is 1.66 bits per heavy atom. The lowest BCUT2D eigenvalue weighted by atomic mass is 10.1. The van der Waals surface area contributed by atoms with Crippen LogP contribution in [0.25, 0.3) is 0 Å². The van der Waals surface area contributed by atoms with Gasteiger partial charge in [-0.05, 0) is 48.4 Å². The summed E-state index contributed by atoms with van der Waals surface area (Å²) in [7, 11) is -3.69. The van der Waals surface area contributed by atoms with Crippen LogP contribution in [0.3, 0.4) is 0 Å². The van der Waals surface area contributed by atoms with Gasteiger partial charge in [-0.3, -0.25) is 4.79 Å². The number of amidine groups is 1. The van der Waals surface area contributed by atoms with Crippen molar-refractivity contribution in [2.45, 2.75) is 11.3 Å². The second kappa shape index (κ2) is 9.20. The number of carbonyl (C=O) groups is 1. The molecule has 1 aliphatic rings. The SMILES string of the molecule is C=CCN(CCc1ccccc1)C(=O)c1ccc(NC2=NS(=O)(=O)c3ccccc32)cc1. The predicted octanol–water partition coefficient (Wildman–Crippen LogP) is 4.12. The summed E-state index contributed by atoms with van der Waals surface area (Å²) in [5, 5.41) is 3.05. The van der Waals surface area contributed by atoms with Gasteiger partial charge in [0.25, 0.3) is 15.9 Å². The zero-order chi connectivity index (χ0) is 22.6. The zero-order valence-corrected chi connectivity index (χ0v) is 18.3. The molecule has 1 heterocycles. The largest absolute Gasteiger partial charge is 0.339 e. The summed E-state index contributed by atoms with van der Waals surface area (Å²) in [5.41, 5.74) is 2.89. The molecule has 0 radical (unpaired) electrons. The Labute approximate surface area is 188 Å². The quantitative estimate of drug-likeness (QED) is 0.555. The summed E-state index contributed by atoms with van der Waals surface area (Å²) in [6.07, 6.45) is 2.47. The molecule has 3 aromatic carbocycles. The van der Waals surface area contributed by atoms with Crippen molar-refractivity contribution in [1.82, 2.24) is 4.90 Å². The van der Waals surface area contributed by atoms with Gasteiger partial charge >= 0.3 is 0 Å². The maximum atomic E-state index is 13.0. The van der Waals surface area contributed by atoms with Crippen molar-refractivity contribution in [1.29, 1.82) is 0 Å². The van der Waals surface area contributed by atoms with Crippen molar-refractivity contribution in [2.24, 2.45) is 4.40 Å². The molecule has 4 rings (SSSR count). The summed E-state index contributed by atoms with van der Waals surface area (Å²) in [6.45, 7) is 4.81. The fraction of sp³-hybridized carbons (Fsp3) is 0.120. The van der Waals surface area contributed by atoms with Crippen molar-refractivity contribution in [2.75, 3.05) is 18.4 Å². The van der Waals surface area contributed by atoms with Crippen molar-refractivity contribution in [3.63, 3.8) is 0 Å². The highest BCUT2D eigenvalue weighted by atomic mass is 32.2. The Morgan fingerprint density at radius 3 is 2.38 bits per heavy atom. The second-order valence-electron chi connectivity index (χ2n) is 7.39. The Kier molecular flexibility index (Phi) is 6.18. The number of carbonyl (C=O) groups excluding carboxylic acids is 1. The van der Waals surface area contributed by atoms with E-state index in [2.05, 4.69) is 16.3 Å². The Balaban J connectivity index is 1.46. The third-order valence-electron chi connectivity index (χ3n) is 5.18. The molecule has 1 aliphatic heterocycles. The lowest BCUT2D eigenvalue weighted by Crippen LogP contribution is -2.33. The van der Waals surface area contributed by atoms with Gasteiger partial charge in [-0.15, -0.1) is 11.0 Å². The molecule has 1 N–H and O–H groups in total. The van der Waals surface area contributed by atoms with E-state index in [4.69, 9.17) is 0 Å². The van der Waals surface area contributed by atoms with Crippen molar-refractivity contribution >= 4 is 27.5 Å². The number of nitrogens with zero attached hydrogens (tertiary/aromatic N) is 2. The summed E-state index contributed by atoms with van der Waals surface area (Å²) in [4.78, 5) is 15.0. The highest BCUT2D eigenvalue weighted by Crippen LogP contribution is 2.26. The van der Waals surface area contributed by atoms with Gasteiger partial charge in [0.1, 0.15) is 4.90 Å². The highest BCUT2D eigenvalue weighted by Gasteiger charge is 2.28. The lowest BCUT2D eigenvalue weighted by molar-refractivity contribution is 0.0775. The third kappa shape index (κ3) is 4.63. The number of amides is 1. The van der Waals surface area contributed by atoms with Crippen molar-refractivity contribution in [3.8, 4) is 0 Å². The number of benzene rings is 3. The van der Waals surface area contributed by atoms with E-state index in [1.54, 1.807) is 53.4 Å². The third-order valence-corrected chi connectivity index (χ3v) is 6.51. The molecule has 0 aliphatic carbocycles. The topological polar surface area (TPSA) is 78.8 Å². The standard InChI is InChI=1S/C25H23N3O3S/c1-2-17-28(18-16-19-8-4-3-5-9-19)25(29)20-12-14-21(15-13-20)26-24-22-10-6-7-11-23(22)32(30,31)27-24/h2-15H,1,16-18H2,(H,26,27). The van der Waals surface area contributed by atoms with Crippen LogP contribution < -0.4 is 5.32 Å². The first kappa shape index (κ1) is 21.5. The molecule has 0 spiro atoms. The molecular weight excluding hydrogens is 422 g/mol. The van der Waals surface area contributed by atoms with Crippen LogP contribution in [-0.2, 0) is 16.4 Å². The molecule has 0 unspecified atom stereocenters. The van der Waals surface area contributed by atoms with Crippen LogP contribution in [0.5, 0.6) is 0 Å². The molecule has 1 amide bonds. The van der Waals surface area contributed by atoms with E-state index in [1.165, 1.54) is 11.6 Å². The average molecular weight is 446 g/mol. The molecule has 32 heavy (non-hydrogen) atoms. The molecule has 0 aromatic heterocycles. The van der Waals surface area contributed by atoms with Crippen LogP contribution in [0, 0.1) is 0 Å². The van der Waals surface area contributed by atoms with E-state index < -0.39 is 10.0 Å². The maximum Gasteiger partial charge on any atom is 0.285 e. The molecular formula is C25H23N3O3S. The van der Waals surface area contributed by atoms with Gasteiger partial charge in [-0.25, -0.2) is 0 Å². The summed E-state index contributed by atoms with van der Waals surface area (Å²) < 4.78 is 28.3. The van der Waals surface area contributed by atoms with E-state index in [0.29, 0.717) is 29.9 Å². The van der Waals surface area contributed by atoms with E-state index >= 15 is 0 Å². The van der Waals surface area contributed by atoms with Crippen molar-refractivity contribution in [3.05, 3.63) is 108 Å². The number of fused-ring (bicyclic) bond motifs is 1. The molecule has 7 heteroatoms. The van der Waals surface area contributed by atoms with Gasteiger partial charge in [0.15, 0.2) is 5.84 Å². The van der Waals surface area contributed by atoms with E-state index in [9.17, 15) is 13.2 Å². The van der Waals surface area contributed by atoms with Crippen LogP contribution in [-0.4, -0.2) is 38.2 Å². The Bertz CT molecular complexity index is 1270. The van der Waals surface area contributed by atoms with Gasteiger partial charge < -0.3 is 10.2 Å². The first-order valence-corrected chi connectivity index (χ1v) is 11.7. The van der Waals surface area contributed by atoms with E-state index in [-0.39, 0.29) is 16.6 Å². The highest BCUT2D eigenvalue weighted by molar-refractivity contribution is 7.90. The minimum Gasteiger partial charge on any atom is -0.339 e. The molecule has 0 saturated heterocycles. The number of anilines is 1. The number of hydrogen-bond acceptors (Lipinski definition) is 4. The summed E-state index contributed by atoms with van der Waals surface area (Å²) in [6, 6.07) is 23.6. The minimum atomic E-state index is -3.69. The number of rotatable bonds is 7. The molecule has 0 fully saturated rings. The first-order chi connectivity index (χ1) is 15.5. The minimum absolute atomic E-state index is 0.0847. The lowest BCUT2D eigenvalue weighted by Gasteiger charge is -2.21. The summed E-state index contributed by atoms with van der Waals surface area (Å²) in [5.74, 6) is 0.189. The number of sulfonamides is 1. The zero-order valence-electron chi connectivity index (χ0n) is 17.4. The fourth-order valence-electron chi connectivity index (χ4n) is 3.55. The second-order valence-corrected chi connectivity index (χ2v) is 8.96. The summed E-state index contributed by atoms with van der Waals surface area (Å²) >= 11 is 0. The van der Waals surface area contributed by atoms with Crippen molar-refractivity contribution < 1.29 is 13.2 Å². The van der Waals surface area contributed by atoms with Gasteiger partial charge in [0, 0.05) is 29.9 Å². The molecule has 0 atom stereocenters. The molecule has 162 valence electrons. The van der Waals surface area contributed by atoms with Crippen LogP contribution in [0.2, 0.25) is 0 Å². The van der Waals surface area contributed by atoms with E-state index in [0.717, 1.165) is 6.42 Å². The normalized spacial score (nSPS) is 13.7. The number of hydrogen-bond donors (Lipinski definition) is 1. The monoisotopic (exact) mass is 445 g/mol. The van der Waals surface area contributed by atoms with Gasteiger partial charge in [-0.1, -0.05) is 48.5 Å². The average Bonchev–Trinajstić information content (AvgIpc) is 3.07. The van der Waals surface area contributed by atoms with Gasteiger partial charge in [-0.2, -0.15) is 8.42 Å². The van der Waals surface area contributed by atoms with Crippen LogP contribution in [0.15, 0.2) is 101 Å². The first-order valence-electron chi connectivity index (χ1n) is 10.2. The van der Waals surface area contributed by atoms with Crippen LogP contribution in [0.1, 0.15) is 21.5 Å². The van der Waals surface area contributed by atoms with Crippen LogP contribution >= 0.6 is 0 Å². The predicted molar refractivity (Wildman–Crippen MR) is 126 cm³/mol. The van der Waals surface area contributed by atoms with Gasteiger partial charge in [0.2, 0.25) is 0 Å². The smallest absolute Gasteiger partial charge is 0.285 e. The fourth-order valence-corrected chi connectivity index (χ4v) is 4.73. The van der Waals surface area contributed by atoms with Gasteiger partial charge in [0.05, 0.1) is 0 Å². The molecule has 0 bridgehead atoms. The number of nitrogens with one attached hydrogen (secondary N) is 1. The molecule has 3 aromatic rings. The molecule has 0 saturated carbocycles. The Hall–Kier alpha value is -3.71. The molecule has 6 nitrogen and oxygen atoms in total.